The van der Waals surface area contributed by atoms with Gasteiger partial charge in [-0.1, -0.05) is 0 Å². The van der Waals surface area contributed by atoms with Crippen molar-refractivity contribution in [1.82, 2.24) is 10.2 Å². The van der Waals surface area contributed by atoms with E-state index in [2.05, 4.69) is 10.2 Å². The van der Waals surface area contributed by atoms with Crippen molar-refractivity contribution < 1.29 is 23.9 Å². The quantitative estimate of drug-likeness (QED) is 0.670. The second-order valence-electron chi connectivity index (χ2n) is 6.85. The molecule has 9 heteroatoms. The number of piperidine rings is 1. The minimum atomic E-state index is -0.955. The number of benzene rings is 1. The Labute approximate surface area is 155 Å². The Bertz CT molecular complexity index is 839. The molecule has 3 N–H and O–H groups in total. The third-order valence-electron chi connectivity index (χ3n) is 5.19. The molecule has 2 atom stereocenters. The fourth-order valence-electron chi connectivity index (χ4n) is 3.75. The Kier molecular flexibility index (Phi) is 4.40. The lowest BCUT2D eigenvalue weighted by molar-refractivity contribution is -0.136. The number of anilines is 1. The first-order valence-electron chi connectivity index (χ1n) is 8.92. The predicted octanol–water partition coefficient (Wildman–Crippen LogP) is -0.748. The maximum atomic E-state index is 12.9. The standard InChI is InChI=1S/C18H20N4O5/c19-8-11-9-21(5-6-27-11)10-1-2-12-13(7-10)18(26)22(17(12)25)14-3-4-15(23)20-16(14)24/h1-2,7,11,14H,3-6,8-9,19H2,(H,20,23,24). The average Bonchev–Trinajstić information content (AvgIpc) is 2.92. The summed E-state index contributed by atoms with van der Waals surface area (Å²) in [6, 6.07) is 4.13. The van der Waals surface area contributed by atoms with Gasteiger partial charge in [0.25, 0.3) is 11.8 Å². The number of nitrogens with one attached hydrogen (secondary N) is 1. The van der Waals surface area contributed by atoms with Gasteiger partial charge >= 0.3 is 0 Å². The molecule has 27 heavy (non-hydrogen) atoms. The van der Waals surface area contributed by atoms with Crippen molar-refractivity contribution in [2.24, 2.45) is 5.73 Å². The molecule has 1 aromatic carbocycles. The third-order valence-corrected chi connectivity index (χ3v) is 5.19. The van der Waals surface area contributed by atoms with Crippen LogP contribution in [-0.2, 0) is 14.3 Å². The van der Waals surface area contributed by atoms with Crippen LogP contribution in [0.25, 0.3) is 0 Å². The zero-order valence-electron chi connectivity index (χ0n) is 14.6. The first-order valence-corrected chi connectivity index (χ1v) is 8.92. The Morgan fingerprint density at radius 1 is 1.15 bits per heavy atom. The highest BCUT2D eigenvalue weighted by Gasteiger charge is 2.44. The molecule has 0 spiro atoms. The molecule has 3 heterocycles. The molecular weight excluding hydrogens is 352 g/mol. The normalized spacial score (nSPS) is 25.7. The molecule has 2 saturated heterocycles. The molecule has 4 rings (SSSR count). The average molecular weight is 372 g/mol. The number of amides is 4. The molecule has 0 aliphatic carbocycles. The first-order chi connectivity index (χ1) is 13.0. The van der Waals surface area contributed by atoms with Crippen LogP contribution in [0.2, 0.25) is 0 Å². The third kappa shape index (κ3) is 2.98. The van der Waals surface area contributed by atoms with E-state index >= 15 is 0 Å². The Balaban J connectivity index is 1.60. The second kappa shape index (κ2) is 6.75. The van der Waals surface area contributed by atoms with Gasteiger partial charge in [-0.05, 0) is 24.6 Å². The molecule has 4 amide bonds. The Morgan fingerprint density at radius 2 is 1.93 bits per heavy atom. The fraction of sp³-hybridized carbons (Fsp3) is 0.444. The maximum Gasteiger partial charge on any atom is 0.262 e. The van der Waals surface area contributed by atoms with Crippen molar-refractivity contribution >= 4 is 29.3 Å². The van der Waals surface area contributed by atoms with E-state index in [0.29, 0.717) is 26.2 Å². The molecule has 9 nitrogen and oxygen atoms in total. The van der Waals surface area contributed by atoms with Crippen molar-refractivity contribution in [3.8, 4) is 0 Å². The SMILES string of the molecule is NCC1CN(c2ccc3c(c2)C(=O)N(C2CCC(=O)NC2=O)C3=O)CCO1. The monoisotopic (exact) mass is 372 g/mol. The van der Waals surface area contributed by atoms with Crippen LogP contribution >= 0.6 is 0 Å². The number of carbonyl (C=O) groups is 4. The first kappa shape index (κ1) is 17.6. The molecule has 142 valence electrons. The van der Waals surface area contributed by atoms with Crippen molar-refractivity contribution in [3.05, 3.63) is 29.3 Å². The number of nitrogens with zero attached hydrogens (tertiary/aromatic N) is 2. The molecule has 3 aliphatic rings. The Morgan fingerprint density at radius 3 is 2.67 bits per heavy atom. The summed E-state index contributed by atoms with van der Waals surface area (Å²) in [5.41, 5.74) is 7.04. The van der Waals surface area contributed by atoms with Gasteiger partial charge in [-0.3, -0.25) is 29.4 Å². The fourth-order valence-corrected chi connectivity index (χ4v) is 3.75. The van der Waals surface area contributed by atoms with E-state index < -0.39 is 29.7 Å². The van der Waals surface area contributed by atoms with Gasteiger partial charge in [0.15, 0.2) is 0 Å². The summed E-state index contributed by atoms with van der Waals surface area (Å²) in [7, 11) is 0. The molecule has 3 aliphatic heterocycles. The van der Waals surface area contributed by atoms with E-state index in [1.807, 2.05) is 0 Å². The Hall–Kier alpha value is -2.78. The number of carbonyl (C=O) groups excluding carboxylic acids is 4. The summed E-state index contributed by atoms with van der Waals surface area (Å²) < 4.78 is 5.56. The van der Waals surface area contributed by atoms with E-state index in [1.165, 1.54) is 0 Å². The van der Waals surface area contributed by atoms with Crippen molar-refractivity contribution in [1.29, 1.82) is 0 Å². The number of morpholine rings is 1. The number of hydrogen-bond donors (Lipinski definition) is 2. The number of imide groups is 2. The van der Waals surface area contributed by atoms with Gasteiger partial charge in [-0.2, -0.15) is 0 Å². The second-order valence-corrected chi connectivity index (χ2v) is 6.85. The van der Waals surface area contributed by atoms with Crippen LogP contribution in [0, 0.1) is 0 Å². The van der Waals surface area contributed by atoms with Crippen LogP contribution in [0.1, 0.15) is 33.6 Å². The van der Waals surface area contributed by atoms with E-state index in [0.717, 1.165) is 10.6 Å². The van der Waals surface area contributed by atoms with Crippen LogP contribution in [-0.4, -0.2) is 66.9 Å². The molecular formula is C18H20N4O5. The summed E-state index contributed by atoms with van der Waals surface area (Å²) in [6.45, 7) is 2.21. The minimum Gasteiger partial charge on any atom is -0.373 e. The van der Waals surface area contributed by atoms with Crippen molar-refractivity contribution in [2.45, 2.75) is 25.0 Å². The highest BCUT2D eigenvalue weighted by molar-refractivity contribution is 6.23. The van der Waals surface area contributed by atoms with Crippen LogP contribution < -0.4 is 16.0 Å². The van der Waals surface area contributed by atoms with E-state index in [9.17, 15) is 19.2 Å². The minimum absolute atomic E-state index is 0.0793. The largest absolute Gasteiger partial charge is 0.373 e. The van der Waals surface area contributed by atoms with E-state index in [1.54, 1.807) is 18.2 Å². The molecule has 1 aromatic rings. The number of hydrogen-bond acceptors (Lipinski definition) is 7. The lowest BCUT2D eigenvalue weighted by Crippen LogP contribution is -2.54. The topological polar surface area (TPSA) is 122 Å². The number of rotatable bonds is 3. The molecule has 2 fully saturated rings. The van der Waals surface area contributed by atoms with Gasteiger partial charge in [0.05, 0.1) is 23.8 Å². The summed E-state index contributed by atoms with van der Waals surface area (Å²) in [5, 5.41) is 2.19. The highest BCUT2D eigenvalue weighted by atomic mass is 16.5. The predicted molar refractivity (Wildman–Crippen MR) is 94.1 cm³/mol. The van der Waals surface area contributed by atoms with Crippen molar-refractivity contribution in [3.63, 3.8) is 0 Å². The van der Waals surface area contributed by atoms with Crippen LogP contribution in [0.5, 0.6) is 0 Å². The number of ether oxygens (including phenoxy) is 1. The van der Waals surface area contributed by atoms with Gasteiger partial charge in [-0.15, -0.1) is 0 Å². The molecule has 0 bridgehead atoms. The van der Waals surface area contributed by atoms with Gasteiger partial charge < -0.3 is 15.4 Å². The van der Waals surface area contributed by atoms with Crippen LogP contribution in [0.15, 0.2) is 18.2 Å². The smallest absolute Gasteiger partial charge is 0.262 e. The highest BCUT2D eigenvalue weighted by Crippen LogP contribution is 2.31. The van der Waals surface area contributed by atoms with Gasteiger partial charge in [-0.25, -0.2) is 0 Å². The summed E-state index contributed by atoms with van der Waals surface area (Å²) in [6.07, 6.45) is 0.165. The van der Waals surface area contributed by atoms with Crippen LogP contribution in [0.4, 0.5) is 5.69 Å². The lowest BCUT2D eigenvalue weighted by atomic mass is 10.0. The van der Waals surface area contributed by atoms with E-state index in [4.69, 9.17) is 10.5 Å². The zero-order valence-corrected chi connectivity index (χ0v) is 14.6. The van der Waals surface area contributed by atoms with Gasteiger partial charge in [0, 0.05) is 31.7 Å². The van der Waals surface area contributed by atoms with E-state index in [-0.39, 0.29) is 30.1 Å². The summed E-state index contributed by atoms with van der Waals surface area (Å²) >= 11 is 0. The van der Waals surface area contributed by atoms with Crippen LogP contribution in [0.3, 0.4) is 0 Å². The molecule has 0 saturated carbocycles. The maximum absolute atomic E-state index is 12.9. The molecule has 2 unspecified atom stereocenters. The van der Waals surface area contributed by atoms with Gasteiger partial charge in [0.2, 0.25) is 11.8 Å². The number of nitrogens with two attached hydrogens (primary N) is 1. The summed E-state index contributed by atoms with van der Waals surface area (Å²) in [5.74, 6) is -2.01. The zero-order chi connectivity index (χ0) is 19.1. The lowest BCUT2D eigenvalue weighted by Gasteiger charge is -2.34. The van der Waals surface area contributed by atoms with Gasteiger partial charge in [0.1, 0.15) is 6.04 Å². The number of fused-ring (bicyclic) bond motifs is 1. The van der Waals surface area contributed by atoms with Crippen molar-refractivity contribution in [2.75, 3.05) is 31.1 Å². The molecule has 0 radical (unpaired) electrons. The molecule has 0 aromatic heterocycles. The summed E-state index contributed by atoms with van der Waals surface area (Å²) in [4.78, 5) is 52.1.